The molecule has 1 rings (SSSR count). The van der Waals surface area contributed by atoms with Crippen LogP contribution in [0.25, 0.3) is 0 Å². The average Bonchev–Trinajstić information content (AvgIpc) is 2.01. The topological polar surface area (TPSA) is 23.8 Å². The molecule has 1 aromatic carbocycles. The van der Waals surface area contributed by atoms with Gasteiger partial charge < -0.3 is 0 Å². The summed E-state index contributed by atoms with van der Waals surface area (Å²) in [4.78, 5) is 0.0554. The second kappa shape index (κ2) is 3.54. The molecule has 0 unspecified atom stereocenters. The van der Waals surface area contributed by atoms with Gasteiger partial charge in [-0.25, -0.2) is 0 Å². The van der Waals surface area contributed by atoms with Gasteiger partial charge in [0.05, 0.1) is 11.1 Å². The van der Waals surface area contributed by atoms with Crippen LogP contribution in [0.2, 0.25) is 0 Å². The van der Waals surface area contributed by atoms with Crippen molar-refractivity contribution in [3.8, 4) is 6.07 Å². The zero-order valence-electron chi connectivity index (χ0n) is 7.18. The van der Waals surface area contributed by atoms with E-state index in [0.29, 0.717) is 0 Å². The van der Waals surface area contributed by atoms with Crippen molar-refractivity contribution in [3.63, 3.8) is 0 Å². The molecule has 74 valence electrons. The summed E-state index contributed by atoms with van der Waals surface area (Å²) in [5.41, 5.74) is -0.312. The molecule has 0 radical (unpaired) electrons. The van der Waals surface area contributed by atoms with E-state index in [-0.39, 0.29) is 16.0 Å². The van der Waals surface area contributed by atoms with Crippen molar-refractivity contribution in [3.05, 3.63) is 28.8 Å². The minimum absolute atomic E-state index is 0.0554. The van der Waals surface area contributed by atoms with Gasteiger partial charge in [0.25, 0.3) is 0 Å². The molecule has 0 bridgehead atoms. The molecule has 0 spiro atoms. The second-order valence-electron chi connectivity index (χ2n) is 2.80. The van der Waals surface area contributed by atoms with Crippen molar-refractivity contribution in [2.45, 2.75) is 18.0 Å². The standard InChI is InChI=1S/C9H6F3NS/c1-5-2-6(9(10,11)12)3-8(14)7(5)4-13/h2-3,14H,1H3. The lowest BCUT2D eigenvalue weighted by Gasteiger charge is -2.09. The first-order valence-corrected chi connectivity index (χ1v) is 4.12. The maximum absolute atomic E-state index is 12.3. The molecule has 0 heterocycles. The largest absolute Gasteiger partial charge is 0.416 e. The molecule has 14 heavy (non-hydrogen) atoms. The summed E-state index contributed by atoms with van der Waals surface area (Å²) in [6.45, 7) is 1.45. The van der Waals surface area contributed by atoms with E-state index in [9.17, 15) is 13.2 Å². The number of halogens is 3. The lowest BCUT2D eigenvalue weighted by atomic mass is 10.1. The van der Waals surface area contributed by atoms with E-state index >= 15 is 0 Å². The van der Waals surface area contributed by atoms with Gasteiger partial charge in [0.15, 0.2) is 0 Å². The molecule has 1 nitrogen and oxygen atoms in total. The highest BCUT2D eigenvalue weighted by molar-refractivity contribution is 7.80. The summed E-state index contributed by atoms with van der Waals surface area (Å²) in [7, 11) is 0. The average molecular weight is 217 g/mol. The predicted octanol–water partition coefficient (Wildman–Crippen LogP) is 3.17. The number of benzene rings is 1. The Balaban J connectivity index is 3.37. The molecule has 0 saturated carbocycles. The maximum atomic E-state index is 12.3. The van der Waals surface area contributed by atoms with Gasteiger partial charge in [-0.2, -0.15) is 18.4 Å². The van der Waals surface area contributed by atoms with Crippen LogP contribution in [0.1, 0.15) is 16.7 Å². The van der Waals surface area contributed by atoms with E-state index in [1.165, 1.54) is 6.92 Å². The number of rotatable bonds is 0. The van der Waals surface area contributed by atoms with Crippen molar-refractivity contribution in [2.24, 2.45) is 0 Å². The van der Waals surface area contributed by atoms with Crippen LogP contribution in [-0.4, -0.2) is 0 Å². The van der Waals surface area contributed by atoms with E-state index in [4.69, 9.17) is 5.26 Å². The molecule has 1 aromatic rings. The van der Waals surface area contributed by atoms with E-state index in [1.54, 1.807) is 6.07 Å². The van der Waals surface area contributed by atoms with Crippen LogP contribution in [0.3, 0.4) is 0 Å². The number of alkyl halides is 3. The minimum Gasteiger partial charge on any atom is -0.192 e. The molecule has 0 saturated heterocycles. The molecular weight excluding hydrogens is 211 g/mol. The van der Waals surface area contributed by atoms with Gasteiger partial charge in [-0.15, -0.1) is 12.6 Å². The summed E-state index contributed by atoms with van der Waals surface area (Å²) in [6.07, 6.45) is -4.39. The van der Waals surface area contributed by atoms with Gasteiger partial charge in [-0.05, 0) is 24.6 Å². The quantitative estimate of drug-likeness (QED) is 0.663. The highest BCUT2D eigenvalue weighted by Crippen LogP contribution is 2.32. The van der Waals surface area contributed by atoms with E-state index in [0.717, 1.165) is 12.1 Å². The lowest BCUT2D eigenvalue weighted by Crippen LogP contribution is -2.06. The third-order valence-electron chi connectivity index (χ3n) is 1.75. The Labute approximate surface area is 84.6 Å². The Morgan fingerprint density at radius 2 is 1.93 bits per heavy atom. The van der Waals surface area contributed by atoms with Crippen molar-refractivity contribution in [1.82, 2.24) is 0 Å². The predicted molar refractivity (Wildman–Crippen MR) is 48.1 cm³/mol. The van der Waals surface area contributed by atoms with Crippen LogP contribution in [-0.2, 0) is 6.18 Å². The lowest BCUT2D eigenvalue weighted by molar-refractivity contribution is -0.137. The molecule has 0 amide bonds. The van der Waals surface area contributed by atoms with Gasteiger partial charge in [0.1, 0.15) is 6.07 Å². The van der Waals surface area contributed by atoms with Crippen LogP contribution < -0.4 is 0 Å². The molecule has 0 aliphatic rings. The molecule has 0 atom stereocenters. The van der Waals surface area contributed by atoms with Gasteiger partial charge in [-0.3, -0.25) is 0 Å². The fourth-order valence-corrected chi connectivity index (χ4v) is 1.44. The number of aryl methyl sites for hydroxylation is 1. The monoisotopic (exact) mass is 217 g/mol. The Kier molecular flexibility index (Phi) is 2.76. The Morgan fingerprint density at radius 3 is 2.29 bits per heavy atom. The molecule has 5 heteroatoms. The summed E-state index contributed by atoms with van der Waals surface area (Å²) < 4.78 is 36.8. The van der Waals surface area contributed by atoms with Gasteiger partial charge in [0, 0.05) is 4.90 Å². The number of thiol groups is 1. The van der Waals surface area contributed by atoms with E-state index in [1.807, 2.05) is 0 Å². The number of nitriles is 1. The summed E-state index contributed by atoms with van der Waals surface area (Å²) in [5.74, 6) is 0. The third-order valence-corrected chi connectivity index (χ3v) is 2.11. The van der Waals surface area contributed by atoms with Crippen LogP contribution in [0.15, 0.2) is 17.0 Å². The second-order valence-corrected chi connectivity index (χ2v) is 3.28. The Morgan fingerprint density at radius 1 is 1.36 bits per heavy atom. The summed E-state index contributed by atoms with van der Waals surface area (Å²) >= 11 is 3.83. The smallest absolute Gasteiger partial charge is 0.192 e. The minimum atomic E-state index is -4.39. The highest BCUT2D eigenvalue weighted by Gasteiger charge is 2.31. The molecule has 0 aliphatic heterocycles. The molecule has 0 aromatic heterocycles. The van der Waals surface area contributed by atoms with Gasteiger partial charge in [-0.1, -0.05) is 0 Å². The number of hydrogen-bond acceptors (Lipinski definition) is 2. The Hall–Kier alpha value is -1.15. The van der Waals surface area contributed by atoms with Crippen LogP contribution >= 0.6 is 12.6 Å². The van der Waals surface area contributed by atoms with Crippen LogP contribution in [0.4, 0.5) is 13.2 Å². The van der Waals surface area contributed by atoms with Crippen molar-refractivity contribution in [1.29, 1.82) is 5.26 Å². The fourth-order valence-electron chi connectivity index (χ4n) is 1.08. The first-order valence-electron chi connectivity index (χ1n) is 3.67. The highest BCUT2D eigenvalue weighted by atomic mass is 32.1. The molecule has 0 N–H and O–H groups in total. The van der Waals surface area contributed by atoms with Crippen LogP contribution in [0, 0.1) is 18.3 Å². The zero-order valence-corrected chi connectivity index (χ0v) is 8.08. The third kappa shape index (κ3) is 2.02. The fraction of sp³-hybridized carbons (Fsp3) is 0.222. The van der Waals surface area contributed by atoms with E-state index in [2.05, 4.69) is 12.6 Å². The first-order chi connectivity index (χ1) is 6.36. The summed E-state index contributed by atoms with van der Waals surface area (Å²) in [6, 6.07) is 3.60. The van der Waals surface area contributed by atoms with Crippen molar-refractivity contribution in [2.75, 3.05) is 0 Å². The first kappa shape index (κ1) is 10.9. The Bertz CT molecular complexity index is 380. The van der Waals surface area contributed by atoms with Gasteiger partial charge >= 0.3 is 6.18 Å². The normalized spacial score (nSPS) is 11.1. The molecule has 0 aliphatic carbocycles. The van der Waals surface area contributed by atoms with Crippen molar-refractivity contribution >= 4 is 12.6 Å². The molecule has 0 fully saturated rings. The van der Waals surface area contributed by atoms with E-state index < -0.39 is 11.7 Å². The number of hydrogen-bond donors (Lipinski definition) is 1. The summed E-state index contributed by atoms with van der Waals surface area (Å²) in [5, 5.41) is 8.61. The molecular formula is C9H6F3NS. The van der Waals surface area contributed by atoms with Crippen LogP contribution in [0.5, 0.6) is 0 Å². The zero-order chi connectivity index (χ0) is 10.9. The van der Waals surface area contributed by atoms with Gasteiger partial charge in [0.2, 0.25) is 0 Å². The maximum Gasteiger partial charge on any atom is 0.416 e. The van der Waals surface area contributed by atoms with Crippen molar-refractivity contribution < 1.29 is 13.2 Å². The number of nitrogens with zero attached hydrogens (tertiary/aromatic N) is 1. The SMILES string of the molecule is Cc1cc(C(F)(F)F)cc(S)c1C#N.